The second-order valence-corrected chi connectivity index (χ2v) is 6.71. The van der Waals surface area contributed by atoms with Gasteiger partial charge in [0, 0.05) is 12.5 Å². The van der Waals surface area contributed by atoms with E-state index in [1.165, 1.54) is 0 Å². The first-order valence-corrected chi connectivity index (χ1v) is 6.56. The van der Waals surface area contributed by atoms with Crippen molar-refractivity contribution < 1.29 is 14.3 Å². The maximum atomic E-state index is 11.7. The van der Waals surface area contributed by atoms with Gasteiger partial charge in [0.15, 0.2) is 0 Å². The van der Waals surface area contributed by atoms with E-state index in [0.717, 1.165) is 0 Å². The summed E-state index contributed by atoms with van der Waals surface area (Å²) in [6.45, 7) is 11.2. The van der Waals surface area contributed by atoms with E-state index in [4.69, 9.17) is 16.3 Å². The number of alkyl carbamates (subject to hydrolysis) is 1. The Morgan fingerprint density at radius 3 is 2.00 bits per heavy atom. The number of alkyl halides is 1. The van der Waals surface area contributed by atoms with Crippen LogP contribution in [0, 0.1) is 5.41 Å². The molecule has 0 saturated heterocycles. The third kappa shape index (κ3) is 7.54. The lowest BCUT2D eigenvalue weighted by molar-refractivity contribution is -0.117. The van der Waals surface area contributed by atoms with Crippen LogP contribution in [0.1, 0.15) is 48.0 Å². The molecule has 1 unspecified atom stereocenters. The lowest BCUT2D eigenvalue weighted by Gasteiger charge is -2.32. The summed E-state index contributed by atoms with van der Waals surface area (Å²) in [5.41, 5.74) is -0.790. The Kier molecular flexibility index (Phi) is 6.14. The van der Waals surface area contributed by atoms with Crippen LogP contribution in [0.15, 0.2) is 0 Å². The first-order valence-electron chi connectivity index (χ1n) is 6.03. The van der Waals surface area contributed by atoms with Gasteiger partial charge in [-0.15, -0.1) is 11.6 Å². The quantitative estimate of drug-likeness (QED) is 0.803. The molecule has 0 bridgehead atoms. The second-order valence-electron chi connectivity index (χ2n) is 6.44. The second kappa shape index (κ2) is 6.41. The molecule has 1 atom stereocenters. The molecule has 106 valence electrons. The molecule has 0 aliphatic heterocycles. The van der Waals surface area contributed by atoms with Crippen LogP contribution in [0.25, 0.3) is 0 Å². The Hall–Kier alpha value is -0.770. The highest BCUT2D eigenvalue weighted by Crippen LogP contribution is 2.22. The van der Waals surface area contributed by atoms with Crippen molar-refractivity contribution >= 4 is 23.5 Å². The van der Waals surface area contributed by atoms with Gasteiger partial charge in [0.2, 0.25) is 0 Å². The van der Waals surface area contributed by atoms with Crippen LogP contribution in [0.5, 0.6) is 0 Å². The number of Topliss-reactive ketones (excluding diaryl/α,β-unsaturated/α-hetero) is 1. The van der Waals surface area contributed by atoms with Gasteiger partial charge in [0.1, 0.15) is 11.4 Å². The average Bonchev–Trinajstić information content (AvgIpc) is 2.11. The summed E-state index contributed by atoms with van der Waals surface area (Å²) < 4.78 is 5.18. The molecular weight excluding hydrogens is 254 g/mol. The normalized spacial score (nSPS) is 13.9. The number of hydrogen-bond donors (Lipinski definition) is 1. The topological polar surface area (TPSA) is 55.4 Å². The number of rotatable bonds is 4. The van der Waals surface area contributed by atoms with Gasteiger partial charge >= 0.3 is 6.09 Å². The van der Waals surface area contributed by atoms with Crippen molar-refractivity contribution in [1.82, 2.24) is 5.32 Å². The maximum Gasteiger partial charge on any atom is 0.407 e. The van der Waals surface area contributed by atoms with Crippen LogP contribution in [0.4, 0.5) is 4.79 Å². The molecule has 18 heavy (non-hydrogen) atoms. The third-order valence-corrected chi connectivity index (χ3v) is 2.62. The Bertz CT molecular complexity index is 302. The van der Waals surface area contributed by atoms with Crippen molar-refractivity contribution in [2.45, 2.75) is 59.6 Å². The van der Waals surface area contributed by atoms with E-state index < -0.39 is 11.7 Å². The summed E-state index contributed by atoms with van der Waals surface area (Å²) in [5.74, 6) is -0.129. The number of amides is 1. The minimum absolute atomic E-state index is 0.0391. The van der Waals surface area contributed by atoms with Gasteiger partial charge in [-0.25, -0.2) is 4.79 Å². The van der Waals surface area contributed by atoms with Crippen LogP contribution in [0.3, 0.4) is 0 Å². The molecule has 0 aliphatic rings. The highest BCUT2D eigenvalue weighted by Gasteiger charge is 2.29. The van der Waals surface area contributed by atoms with Gasteiger partial charge in [-0.2, -0.15) is 0 Å². The number of halogens is 1. The van der Waals surface area contributed by atoms with Gasteiger partial charge in [0.25, 0.3) is 0 Å². The van der Waals surface area contributed by atoms with E-state index in [9.17, 15) is 9.59 Å². The van der Waals surface area contributed by atoms with Crippen molar-refractivity contribution in [3.05, 3.63) is 0 Å². The zero-order valence-corrected chi connectivity index (χ0v) is 12.9. The van der Waals surface area contributed by atoms with E-state index in [1.54, 1.807) is 20.8 Å². The summed E-state index contributed by atoms with van der Waals surface area (Å²) in [6, 6.07) is -0.293. The summed E-state index contributed by atoms with van der Waals surface area (Å²) in [6.07, 6.45) is -0.295. The maximum absolute atomic E-state index is 11.7. The lowest BCUT2D eigenvalue weighted by Crippen LogP contribution is -2.47. The molecule has 0 aliphatic carbocycles. The van der Waals surface area contributed by atoms with Crippen LogP contribution in [-0.4, -0.2) is 29.4 Å². The summed E-state index contributed by atoms with van der Waals surface area (Å²) >= 11 is 5.50. The average molecular weight is 278 g/mol. The number of ether oxygens (including phenoxy) is 1. The molecule has 0 fully saturated rings. The van der Waals surface area contributed by atoms with Gasteiger partial charge in [0.05, 0.1) is 5.88 Å². The molecule has 0 rings (SSSR count). The van der Waals surface area contributed by atoms with E-state index >= 15 is 0 Å². The molecule has 0 radical (unpaired) electrons. The number of nitrogens with one attached hydrogen (secondary N) is 1. The lowest BCUT2D eigenvalue weighted by atomic mass is 9.84. The van der Waals surface area contributed by atoms with E-state index in [0.29, 0.717) is 0 Å². The highest BCUT2D eigenvalue weighted by atomic mass is 35.5. The third-order valence-electron chi connectivity index (χ3n) is 2.32. The van der Waals surface area contributed by atoms with Crippen molar-refractivity contribution in [3.63, 3.8) is 0 Å². The molecule has 0 spiro atoms. The fourth-order valence-corrected chi connectivity index (χ4v) is 1.41. The Morgan fingerprint density at radius 1 is 1.17 bits per heavy atom. The fraction of sp³-hybridized carbons (Fsp3) is 0.846. The van der Waals surface area contributed by atoms with E-state index in [2.05, 4.69) is 5.32 Å². The predicted octanol–water partition coefficient (Wildman–Crippen LogP) is 3.12. The highest BCUT2D eigenvalue weighted by molar-refractivity contribution is 6.27. The molecular formula is C13H24ClNO3. The zero-order valence-electron chi connectivity index (χ0n) is 12.1. The summed E-state index contributed by atoms with van der Waals surface area (Å²) in [4.78, 5) is 23.1. The summed E-state index contributed by atoms with van der Waals surface area (Å²) in [5, 5.41) is 2.74. The van der Waals surface area contributed by atoms with Crippen LogP contribution < -0.4 is 5.32 Å². The SMILES string of the molecule is CC(C)(C)OC(=O)NC(CC(=O)CCl)C(C)(C)C. The van der Waals surface area contributed by atoms with Crippen LogP contribution >= 0.6 is 11.6 Å². The van der Waals surface area contributed by atoms with Crippen LogP contribution in [-0.2, 0) is 9.53 Å². The predicted molar refractivity (Wildman–Crippen MR) is 73.0 cm³/mol. The van der Waals surface area contributed by atoms with Gasteiger partial charge in [-0.1, -0.05) is 20.8 Å². The fourth-order valence-electron chi connectivity index (χ4n) is 1.31. The Balaban J connectivity index is 4.61. The molecule has 0 aromatic heterocycles. The summed E-state index contributed by atoms with van der Waals surface area (Å²) in [7, 11) is 0. The monoisotopic (exact) mass is 277 g/mol. The number of carbonyl (C=O) groups excluding carboxylic acids is 2. The Labute approximate surface area is 114 Å². The van der Waals surface area contributed by atoms with E-state index in [1.807, 2.05) is 20.8 Å². The minimum atomic E-state index is -0.553. The molecule has 0 saturated carbocycles. The van der Waals surface area contributed by atoms with Crippen molar-refractivity contribution in [3.8, 4) is 0 Å². The van der Waals surface area contributed by atoms with Crippen molar-refractivity contribution in [2.75, 3.05) is 5.88 Å². The first kappa shape index (κ1) is 17.2. The Morgan fingerprint density at radius 2 is 1.67 bits per heavy atom. The number of carbonyl (C=O) groups is 2. The van der Waals surface area contributed by atoms with Gasteiger partial charge in [-0.05, 0) is 26.2 Å². The van der Waals surface area contributed by atoms with Crippen molar-refractivity contribution in [2.24, 2.45) is 5.41 Å². The molecule has 5 heteroatoms. The molecule has 0 heterocycles. The largest absolute Gasteiger partial charge is 0.444 e. The molecule has 1 amide bonds. The number of ketones is 1. The standard InChI is InChI=1S/C13H24ClNO3/c1-12(2,3)10(7-9(16)8-14)15-11(17)18-13(4,5)6/h10H,7-8H2,1-6H3,(H,15,17). The smallest absolute Gasteiger partial charge is 0.407 e. The molecule has 1 N–H and O–H groups in total. The van der Waals surface area contributed by atoms with Crippen LogP contribution in [0.2, 0.25) is 0 Å². The van der Waals surface area contributed by atoms with E-state index in [-0.39, 0.29) is 29.5 Å². The first-order chi connectivity index (χ1) is 7.95. The van der Waals surface area contributed by atoms with Crippen molar-refractivity contribution in [1.29, 1.82) is 0 Å². The molecule has 0 aromatic carbocycles. The van der Waals surface area contributed by atoms with Gasteiger partial charge < -0.3 is 10.1 Å². The zero-order chi connectivity index (χ0) is 14.6. The molecule has 0 aromatic rings. The van der Waals surface area contributed by atoms with Gasteiger partial charge in [-0.3, -0.25) is 4.79 Å². The molecule has 4 nitrogen and oxygen atoms in total. The minimum Gasteiger partial charge on any atom is -0.444 e. The number of hydrogen-bond acceptors (Lipinski definition) is 3.